The normalized spacial score (nSPS) is 12.8. The molecule has 0 atom stereocenters. The summed E-state index contributed by atoms with van der Waals surface area (Å²) in [6.45, 7) is 4.93. The molecule has 4 heteroatoms. The second-order valence-electron chi connectivity index (χ2n) is 2.12. The molecule has 0 aromatic carbocycles. The maximum absolute atomic E-state index is 10.2. The van der Waals surface area contributed by atoms with E-state index in [4.69, 9.17) is 0 Å². The third-order valence-corrected chi connectivity index (χ3v) is 1.33. The zero-order chi connectivity index (χ0) is 8.85. The van der Waals surface area contributed by atoms with Crippen LogP contribution < -0.4 is 0 Å². The van der Waals surface area contributed by atoms with Crippen LogP contribution in [0.2, 0.25) is 0 Å². The standard InChI is InChI=1S/C7H10BNO2/c1-3-4-5-7(8)6(2)9(10)11/h3-5H,1,8H2,2H3/b5-4-,7-6-. The van der Waals surface area contributed by atoms with Crippen LogP contribution in [0.5, 0.6) is 0 Å². The Morgan fingerprint density at radius 3 is 2.64 bits per heavy atom. The van der Waals surface area contributed by atoms with Crippen LogP contribution >= 0.6 is 0 Å². The number of allylic oxidation sites excluding steroid dienone is 5. The number of nitro groups is 1. The lowest BCUT2D eigenvalue weighted by atomic mass is 9.93. The van der Waals surface area contributed by atoms with Crippen molar-refractivity contribution in [2.24, 2.45) is 0 Å². The maximum Gasteiger partial charge on any atom is 0.236 e. The van der Waals surface area contributed by atoms with Crippen LogP contribution in [0.25, 0.3) is 0 Å². The van der Waals surface area contributed by atoms with E-state index in [1.807, 2.05) is 0 Å². The molecular formula is C7H10BNO2. The summed E-state index contributed by atoms with van der Waals surface area (Å²) in [4.78, 5) is 9.79. The van der Waals surface area contributed by atoms with Gasteiger partial charge in [-0.2, -0.15) is 0 Å². The van der Waals surface area contributed by atoms with Gasteiger partial charge in [-0.1, -0.05) is 24.8 Å². The van der Waals surface area contributed by atoms with E-state index >= 15 is 0 Å². The fourth-order valence-corrected chi connectivity index (χ4v) is 0.477. The highest BCUT2D eigenvalue weighted by Gasteiger charge is 2.03. The van der Waals surface area contributed by atoms with Crippen molar-refractivity contribution in [2.45, 2.75) is 6.92 Å². The summed E-state index contributed by atoms with van der Waals surface area (Å²) >= 11 is 0. The first-order chi connectivity index (χ1) is 5.09. The quantitative estimate of drug-likeness (QED) is 0.260. The second-order valence-corrected chi connectivity index (χ2v) is 2.12. The van der Waals surface area contributed by atoms with E-state index in [0.717, 1.165) is 0 Å². The van der Waals surface area contributed by atoms with Gasteiger partial charge in [-0.05, 0) is 5.47 Å². The minimum absolute atomic E-state index is 0.170. The highest BCUT2D eigenvalue weighted by atomic mass is 16.6. The predicted molar refractivity (Wildman–Crippen MR) is 47.6 cm³/mol. The molecule has 0 amide bonds. The van der Waals surface area contributed by atoms with Gasteiger partial charge in [0.05, 0.1) is 4.92 Å². The highest BCUT2D eigenvalue weighted by molar-refractivity contribution is 6.23. The molecule has 0 saturated carbocycles. The van der Waals surface area contributed by atoms with Crippen molar-refractivity contribution in [2.75, 3.05) is 0 Å². The third kappa shape index (κ3) is 3.40. The number of nitrogens with zero attached hydrogens (tertiary/aromatic N) is 1. The van der Waals surface area contributed by atoms with Gasteiger partial charge in [-0.25, -0.2) is 0 Å². The Bertz CT molecular complexity index is 231. The minimum atomic E-state index is -0.400. The fourth-order valence-electron chi connectivity index (χ4n) is 0.477. The van der Waals surface area contributed by atoms with E-state index in [0.29, 0.717) is 5.47 Å². The number of hydrogen-bond acceptors (Lipinski definition) is 2. The summed E-state index contributed by atoms with van der Waals surface area (Å²) in [6, 6.07) is 0. The summed E-state index contributed by atoms with van der Waals surface area (Å²) in [7, 11) is 1.69. The molecule has 0 radical (unpaired) electrons. The van der Waals surface area contributed by atoms with E-state index in [9.17, 15) is 10.1 Å². The molecule has 0 N–H and O–H groups in total. The monoisotopic (exact) mass is 151 g/mol. The summed E-state index contributed by atoms with van der Waals surface area (Å²) in [5.74, 6) is 0. The van der Waals surface area contributed by atoms with Gasteiger partial charge in [0.15, 0.2) is 0 Å². The first-order valence-electron chi connectivity index (χ1n) is 3.20. The second kappa shape index (κ2) is 4.49. The molecule has 0 fully saturated rings. The van der Waals surface area contributed by atoms with Crippen molar-refractivity contribution >= 4 is 7.85 Å². The largest absolute Gasteiger partial charge is 0.259 e. The molecule has 58 valence electrons. The molecule has 0 aromatic heterocycles. The van der Waals surface area contributed by atoms with Gasteiger partial charge in [0.25, 0.3) is 0 Å². The first kappa shape index (κ1) is 9.68. The lowest BCUT2D eigenvalue weighted by Crippen LogP contribution is -1.97. The first-order valence-corrected chi connectivity index (χ1v) is 3.20. The van der Waals surface area contributed by atoms with Crippen LogP contribution in [-0.2, 0) is 0 Å². The van der Waals surface area contributed by atoms with E-state index in [1.165, 1.54) is 6.92 Å². The maximum atomic E-state index is 10.2. The average Bonchev–Trinajstić information content (AvgIpc) is 1.98. The zero-order valence-corrected chi connectivity index (χ0v) is 6.70. The lowest BCUT2D eigenvalue weighted by Gasteiger charge is -1.91. The number of hydrogen-bond donors (Lipinski definition) is 0. The topological polar surface area (TPSA) is 43.1 Å². The molecule has 0 aromatic rings. The van der Waals surface area contributed by atoms with Crippen molar-refractivity contribution in [1.82, 2.24) is 0 Å². The number of rotatable bonds is 3. The summed E-state index contributed by atoms with van der Waals surface area (Å²) in [5, 5.41) is 10.2. The van der Waals surface area contributed by atoms with Crippen LogP contribution in [-0.4, -0.2) is 12.8 Å². The summed E-state index contributed by atoms with van der Waals surface area (Å²) < 4.78 is 0. The van der Waals surface area contributed by atoms with Crippen LogP contribution in [0.4, 0.5) is 0 Å². The molecule has 0 rings (SSSR count). The molecular weight excluding hydrogens is 141 g/mol. The highest BCUT2D eigenvalue weighted by Crippen LogP contribution is 2.01. The fraction of sp³-hybridized carbons (Fsp3) is 0.143. The van der Waals surface area contributed by atoms with Crippen molar-refractivity contribution in [1.29, 1.82) is 0 Å². The van der Waals surface area contributed by atoms with Crippen LogP contribution in [0.15, 0.2) is 36.0 Å². The molecule has 0 aliphatic heterocycles. The van der Waals surface area contributed by atoms with Crippen molar-refractivity contribution < 1.29 is 4.92 Å². The van der Waals surface area contributed by atoms with Crippen LogP contribution in [0.3, 0.4) is 0 Å². The molecule has 0 aliphatic rings. The summed E-state index contributed by atoms with van der Waals surface area (Å²) in [6.07, 6.45) is 4.91. The van der Waals surface area contributed by atoms with Crippen molar-refractivity contribution in [3.8, 4) is 0 Å². The molecule has 0 unspecified atom stereocenters. The van der Waals surface area contributed by atoms with Crippen molar-refractivity contribution in [3.05, 3.63) is 46.1 Å². The Hall–Kier alpha value is -1.32. The van der Waals surface area contributed by atoms with Crippen LogP contribution in [0, 0.1) is 10.1 Å². The Morgan fingerprint density at radius 2 is 2.27 bits per heavy atom. The third-order valence-electron chi connectivity index (χ3n) is 1.33. The minimum Gasteiger partial charge on any atom is -0.259 e. The molecule has 0 spiro atoms. The van der Waals surface area contributed by atoms with Gasteiger partial charge in [0.2, 0.25) is 5.70 Å². The molecule has 0 bridgehead atoms. The Morgan fingerprint density at radius 1 is 1.73 bits per heavy atom. The van der Waals surface area contributed by atoms with Gasteiger partial charge in [-0.3, -0.25) is 10.1 Å². The SMILES string of the molecule is BC(/C=C\C=C)=C(/C)[N+](=O)[O-]. The molecule has 0 saturated heterocycles. The predicted octanol–water partition coefficient (Wildman–Crippen LogP) is 0.870. The van der Waals surface area contributed by atoms with E-state index in [2.05, 4.69) is 6.58 Å². The zero-order valence-electron chi connectivity index (χ0n) is 6.70. The Labute approximate surface area is 66.7 Å². The molecule has 0 aliphatic carbocycles. The average molecular weight is 151 g/mol. The van der Waals surface area contributed by atoms with Crippen molar-refractivity contribution in [3.63, 3.8) is 0 Å². The van der Waals surface area contributed by atoms with E-state index in [-0.39, 0.29) is 5.70 Å². The van der Waals surface area contributed by atoms with Crippen LogP contribution in [0.1, 0.15) is 6.92 Å². The Kier molecular flexibility index (Phi) is 3.96. The van der Waals surface area contributed by atoms with E-state index < -0.39 is 4.92 Å². The van der Waals surface area contributed by atoms with Gasteiger partial charge in [0, 0.05) is 6.92 Å². The summed E-state index contributed by atoms with van der Waals surface area (Å²) in [5.41, 5.74) is 0.818. The van der Waals surface area contributed by atoms with Gasteiger partial charge in [0.1, 0.15) is 7.85 Å². The van der Waals surface area contributed by atoms with Gasteiger partial charge < -0.3 is 0 Å². The lowest BCUT2D eigenvalue weighted by molar-refractivity contribution is -0.424. The Balaban J connectivity index is 4.52. The molecule has 0 heterocycles. The van der Waals surface area contributed by atoms with E-state index in [1.54, 1.807) is 26.1 Å². The molecule has 3 nitrogen and oxygen atoms in total. The van der Waals surface area contributed by atoms with Gasteiger partial charge >= 0.3 is 0 Å². The molecule has 11 heavy (non-hydrogen) atoms. The van der Waals surface area contributed by atoms with Gasteiger partial charge in [-0.15, -0.1) is 0 Å². The smallest absolute Gasteiger partial charge is 0.236 e.